The number of rotatable bonds is 8. The van der Waals surface area contributed by atoms with Crippen molar-refractivity contribution in [3.05, 3.63) is 82.9 Å². The molecule has 3 rings (SSSR count). The highest BCUT2D eigenvalue weighted by Gasteiger charge is 2.24. The van der Waals surface area contributed by atoms with Gasteiger partial charge in [-0.25, -0.2) is 13.9 Å². The number of anilines is 1. The Morgan fingerprint density at radius 1 is 1.24 bits per heavy atom. The number of carbonyl (C=O) groups excluding carboxylic acids is 2. The van der Waals surface area contributed by atoms with Gasteiger partial charge >= 0.3 is 5.97 Å². The lowest BCUT2D eigenvalue weighted by atomic mass is 10.2. The summed E-state index contributed by atoms with van der Waals surface area (Å²) in [5.41, 5.74) is 2.21. The van der Waals surface area contributed by atoms with Gasteiger partial charge in [-0.2, -0.15) is 10.4 Å². The number of carbonyl (C=O) groups is 2. The molecule has 1 unspecified atom stereocenters. The summed E-state index contributed by atoms with van der Waals surface area (Å²) in [7, 11) is 0. The third-order valence-corrected chi connectivity index (χ3v) is 5.29. The topological polar surface area (TPSA) is 88.2 Å². The number of hydrogen-bond acceptors (Lipinski definition) is 5. The molecular weight excluding hydrogens is 459 g/mol. The number of hydrogen-bond donors (Lipinski definition) is 0. The van der Waals surface area contributed by atoms with Gasteiger partial charge in [0.05, 0.1) is 23.9 Å². The number of halogens is 2. The van der Waals surface area contributed by atoms with Gasteiger partial charge in [-0.3, -0.25) is 4.79 Å². The zero-order chi connectivity index (χ0) is 24.7. The zero-order valence-corrected chi connectivity index (χ0v) is 19.4. The number of para-hydroxylation sites is 1. The maximum absolute atomic E-state index is 13.2. The molecule has 1 aromatic heterocycles. The molecule has 0 spiro atoms. The predicted molar refractivity (Wildman–Crippen MR) is 127 cm³/mol. The summed E-state index contributed by atoms with van der Waals surface area (Å²) in [5.74, 6) is -1.56. The lowest BCUT2D eigenvalue weighted by Crippen LogP contribution is -2.40. The van der Waals surface area contributed by atoms with Crippen LogP contribution in [0, 0.1) is 24.1 Å². The standard InChI is InChI=1S/C25H22ClFN4O3/c1-17-22(24(26)31(29-17)21-11-9-19(27)10-12-21)13-14-23(32)34-18(2)25(33)30(16-6-15-28)20-7-4-3-5-8-20/h3-5,7-14,18H,6,16H2,1-2H3/b14-13+. The third kappa shape index (κ3) is 5.88. The molecule has 0 radical (unpaired) electrons. The predicted octanol–water partition coefficient (Wildman–Crippen LogP) is 4.87. The van der Waals surface area contributed by atoms with Crippen molar-refractivity contribution >= 4 is 35.2 Å². The van der Waals surface area contributed by atoms with Crippen molar-refractivity contribution in [2.24, 2.45) is 0 Å². The van der Waals surface area contributed by atoms with E-state index in [4.69, 9.17) is 21.6 Å². The number of aromatic nitrogens is 2. The number of nitrogens with zero attached hydrogens (tertiary/aromatic N) is 4. The zero-order valence-electron chi connectivity index (χ0n) is 18.6. The molecule has 0 saturated carbocycles. The molecule has 1 amide bonds. The maximum Gasteiger partial charge on any atom is 0.331 e. The number of aryl methyl sites for hydroxylation is 1. The van der Waals surface area contributed by atoms with Crippen molar-refractivity contribution in [1.82, 2.24) is 9.78 Å². The number of ether oxygens (including phenoxy) is 1. The molecule has 0 N–H and O–H groups in total. The van der Waals surface area contributed by atoms with Crippen LogP contribution in [0.15, 0.2) is 60.7 Å². The van der Waals surface area contributed by atoms with Crippen molar-refractivity contribution < 1.29 is 18.7 Å². The Morgan fingerprint density at radius 3 is 2.56 bits per heavy atom. The summed E-state index contributed by atoms with van der Waals surface area (Å²) < 4.78 is 19.9. The van der Waals surface area contributed by atoms with Crippen LogP contribution in [0.5, 0.6) is 0 Å². The first-order valence-electron chi connectivity index (χ1n) is 10.4. The molecule has 0 fully saturated rings. The van der Waals surface area contributed by atoms with E-state index in [1.807, 2.05) is 12.1 Å². The van der Waals surface area contributed by atoms with E-state index in [2.05, 4.69) is 5.10 Å². The molecule has 174 valence electrons. The molecule has 7 nitrogen and oxygen atoms in total. The molecule has 1 atom stereocenters. The second-order valence-corrected chi connectivity index (χ2v) is 7.68. The van der Waals surface area contributed by atoms with E-state index >= 15 is 0 Å². The maximum atomic E-state index is 13.2. The highest BCUT2D eigenvalue weighted by molar-refractivity contribution is 6.31. The van der Waals surface area contributed by atoms with Gasteiger partial charge in [0.25, 0.3) is 5.91 Å². The van der Waals surface area contributed by atoms with Crippen LogP contribution >= 0.6 is 11.6 Å². The van der Waals surface area contributed by atoms with Crippen LogP contribution in [-0.2, 0) is 14.3 Å². The molecule has 1 heterocycles. The van der Waals surface area contributed by atoms with Gasteiger partial charge in [-0.1, -0.05) is 29.8 Å². The fraction of sp³-hybridized carbons (Fsp3) is 0.200. The van der Waals surface area contributed by atoms with Crippen molar-refractivity contribution in [2.45, 2.75) is 26.4 Å². The fourth-order valence-corrected chi connectivity index (χ4v) is 3.56. The Bertz CT molecular complexity index is 1230. The van der Waals surface area contributed by atoms with E-state index < -0.39 is 18.0 Å². The molecule has 0 aliphatic heterocycles. The Balaban J connectivity index is 1.71. The van der Waals surface area contributed by atoms with Crippen LogP contribution in [0.2, 0.25) is 5.15 Å². The second-order valence-electron chi connectivity index (χ2n) is 7.32. The molecule has 3 aromatic rings. The fourth-order valence-electron chi connectivity index (χ4n) is 3.22. The van der Waals surface area contributed by atoms with E-state index in [-0.39, 0.29) is 23.9 Å². The second kappa shape index (κ2) is 11.3. The lowest BCUT2D eigenvalue weighted by molar-refractivity contribution is -0.149. The minimum atomic E-state index is -1.07. The molecule has 34 heavy (non-hydrogen) atoms. The van der Waals surface area contributed by atoms with Gasteiger partial charge in [0.1, 0.15) is 11.0 Å². The number of nitriles is 1. The summed E-state index contributed by atoms with van der Waals surface area (Å²) in [6.07, 6.45) is 1.68. The molecule has 0 bridgehead atoms. The van der Waals surface area contributed by atoms with Gasteiger partial charge < -0.3 is 9.64 Å². The largest absolute Gasteiger partial charge is 0.449 e. The van der Waals surface area contributed by atoms with Crippen molar-refractivity contribution in [2.75, 3.05) is 11.4 Å². The molecule has 0 aliphatic rings. The molecule has 9 heteroatoms. The van der Waals surface area contributed by atoms with Crippen LogP contribution in [0.1, 0.15) is 24.6 Å². The van der Waals surface area contributed by atoms with E-state index in [0.29, 0.717) is 22.6 Å². The molecule has 2 aromatic carbocycles. The van der Waals surface area contributed by atoms with Crippen LogP contribution in [-0.4, -0.2) is 34.3 Å². The van der Waals surface area contributed by atoms with Crippen LogP contribution < -0.4 is 4.90 Å². The van der Waals surface area contributed by atoms with Crippen LogP contribution in [0.25, 0.3) is 11.8 Å². The summed E-state index contributed by atoms with van der Waals surface area (Å²) in [6.45, 7) is 3.37. The average Bonchev–Trinajstić information content (AvgIpc) is 3.12. The van der Waals surface area contributed by atoms with E-state index in [1.54, 1.807) is 31.2 Å². The highest BCUT2D eigenvalue weighted by Crippen LogP contribution is 2.25. The quantitative estimate of drug-likeness (QED) is 0.339. The Morgan fingerprint density at radius 2 is 1.91 bits per heavy atom. The van der Waals surface area contributed by atoms with Crippen molar-refractivity contribution in [1.29, 1.82) is 5.26 Å². The van der Waals surface area contributed by atoms with Crippen LogP contribution in [0.4, 0.5) is 10.1 Å². The van der Waals surface area contributed by atoms with Gasteiger partial charge in [-0.05, 0) is 56.3 Å². The van der Waals surface area contributed by atoms with E-state index in [9.17, 15) is 14.0 Å². The van der Waals surface area contributed by atoms with Gasteiger partial charge in [0.15, 0.2) is 6.10 Å². The van der Waals surface area contributed by atoms with Crippen LogP contribution in [0.3, 0.4) is 0 Å². The van der Waals surface area contributed by atoms with E-state index in [0.717, 1.165) is 6.08 Å². The number of esters is 1. The highest BCUT2D eigenvalue weighted by atomic mass is 35.5. The average molecular weight is 481 g/mol. The van der Waals surface area contributed by atoms with E-state index in [1.165, 1.54) is 46.8 Å². The minimum absolute atomic E-state index is 0.136. The smallest absolute Gasteiger partial charge is 0.331 e. The molecular formula is C25H22ClFN4O3. The first-order valence-corrected chi connectivity index (χ1v) is 10.8. The van der Waals surface area contributed by atoms with Gasteiger partial charge in [0, 0.05) is 23.9 Å². The Labute approximate surface area is 201 Å². The third-order valence-electron chi connectivity index (χ3n) is 4.93. The molecule has 0 saturated heterocycles. The summed E-state index contributed by atoms with van der Waals surface area (Å²) in [4.78, 5) is 26.7. The monoisotopic (exact) mass is 480 g/mol. The number of benzene rings is 2. The normalized spacial score (nSPS) is 11.7. The SMILES string of the molecule is Cc1nn(-c2ccc(F)cc2)c(Cl)c1/C=C/C(=O)OC(C)C(=O)N(CCC#N)c1ccccc1. The lowest BCUT2D eigenvalue weighted by Gasteiger charge is -2.24. The first-order chi connectivity index (χ1) is 16.3. The Hall–Kier alpha value is -3.96. The van der Waals surface area contributed by atoms with Crippen molar-refractivity contribution in [3.8, 4) is 11.8 Å². The van der Waals surface area contributed by atoms with Gasteiger partial charge in [0.2, 0.25) is 0 Å². The van der Waals surface area contributed by atoms with Crippen molar-refractivity contribution in [3.63, 3.8) is 0 Å². The summed E-state index contributed by atoms with van der Waals surface area (Å²) in [5, 5.41) is 13.5. The summed E-state index contributed by atoms with van der Waals surface area (Å²) >= 11 is 6.42. The molecule has 0 aliphatic carbocycles. The summed E-state index contributed by atoms with van der Waals surface area (Å²) in [6, 6.07) is 16.5. The van der Waals surface area contributed by atoms with Gasteiger partial charge in [-0.15, -0.1) is 0 Å². The number of amides is 1. The Kier molecular flexibility index (Phi) is 8.17. The first kappa shape index (κ1) is 24.7. The minimum Gasteiger partial charge on any atom is -0.449 e.